The zero-order valence-electron chi connectivity index (χ0n) is 11.8. The molecule has 0 aliphatic heterocycles. The number of sulfone groups is 1. The van der Waals surface area contributed by atoms with Gasteiger partial charge in [-0.05, 0) is 31.3 Å². The first-order valence-electron chi connectivity index (χ1n) is 6.09. The van der Waals surface area contributed by atoms with E-state index in [4.69, 9.17) is 11.6 Å². The summed E-state index contributed by atoms with van der Waals surface area (Å²) in [4.78, 5) is 14.9. The molecule has 1 rings (SSSR count). The van der Waals surface area contributed by atoms with Crippen molar-refractivity contribution in [2.45, 2.75) is 4.90 Å². The summed E-state index contributed by atoms with van der Waals surface area (Å²) in [6.45, 7) is 0.494. The number of hydrogen-bond donors (Lipinski definition) is 0. The highest BCUT2D eigenvalue weighted by Gasteiger charge is 2.16. The Morgan fingerprint density at radius 3 is 2.20 bits per heavy atom. The Balaban J connectivity index is 2.60. The molecule has 0 aromatic heterocycles. The first-order valence-corrected chi connectivity index (χ1v) is 8.12. The third-order valence-electron chi connectivity index (χ3n) is 2.82. The van der Waals surface area contributed by atoms with Crippen molar-refractivity contribution >= 4 is 27.3 Å². The lowest BCUT2D eigenvalue weighted by molar-refractivity contribution is -0.129. The van der Waals surface area contributed by atoms with E-state index >= 15 is 0 Å². The molecule has 0 radical (unpaired) electrons. The van der Waals surface area contributed by atoms with Crippen LogP contribution in [0.5, 0.6) is 0 Å². The molecule has 0 spiro atoms. The summed E-state index contributed by atoms with van der Waals surface area (Å²) >= 11 is 5.73. The van der Waals surface area contributed by atoms with E-state index in [1.165, 1.54) is 17.0 Å². The van der Waals surface area contributed by atoms with E-state index < -0.39 is 9.84 Å². The molecule has 0 bridgehead atoms. The molecular formula is C13H19ClN2O3S. The van der Waals surface area contributed by atoms with Gasteiger partial charge >= 0.3 is 0 Å². The predicted molar refractivity (Wildman–Crippen MR) is 79.7 cm³/mol. The molecule has 1 aromatic rings. The molecule has 0 fully saturated rings. The number of hydrogen-bond acceptors (Lipinski definition) is 4. The van der Waals surface area contributed by atoms with E-state index in [0.717, 1.165) is 0 Å². The maximum Gasteiger partial charge on any atom is 0.236 e. The number of nitrogens with zero attached hydrogens (tertiary/aromatic N) is 2. The molecule has 5 nitrogen and oxygen atoms in total. The van der Waals surface area contributed by atoms with E-state index in [1.807, 2.05) is 0 Å². The van der Waals surface area contributed by atoms with Crippen molar-refractivity contribution in [3.8, 4) is 0 Å². The molecule has 1 aromatic carbocycles. The highest BCUT2D eigenvalue weighted by atomic mass is 35.5. The first-order chi connectivity index (χ1) is 9.22. The van der Waals surface area contributed by atoms with Crippen LogP contribution in [0, 0.1) is 0 Å². The van der Waals surface area contributed by atoms with Crippen molar-refractivity contribution < 1.29 is 13.2 Å². The van der Waals surface area contributed by atoms with Gasteiger partial charge in [-0.25, -0.2) is 8.42 Å². The molecule has 0 aliphatic rings. The van der Waals surface area contributed by atoms with Crippen LogP contribution in [0.1, 0.15) is 0 Å². The van der Waals surface area contributed by atoms with E-state index in [9.17, 15) is 13.2 Å². The molecule has 0 atom stereocenters. The van der Waals surface area contributed by atoms with Crippen molar-refractivity contribution in [2.75, 3.05) is 40.0 Å². The number of rotatable bonds is 6. The fourth-order valence-corrected chi connectivity index (χ4v) is 2.95. The molecule has 20 heavy (non-hydrogen) atoms. The van der Waals surface area contributed by atoms with Crippen molar-refractivity contribution in [3.05, 3.63) is 29.3 Å². The second kappa shape index (κ2) is 7.06. The molecule has 0 saturated carbocycles. The Hall–Kier alpha value is -1.11. The fraction of sp³-hybridized carbons (Fsp3) is 0.462. The zero-order chi connectivity index (χ0) is 15.3. The predicted octanol–water partition coefficient (Wildman–Crippen LogP) is 1.13. The van der Waals surface area contributed by atoms with Crippen molar-refractivity contribution in [2.24, 2.45) is 0 Å². The lowest BCUT2D eigenvalue weighted by Gasteiger charge is -2.18. The summed E-state index contributed by atoms with van der Waals surface area (Å²) < 4.78 is 24.2. The van der Waals surface area contributed by atoms with Gasteiger partial charge in [0.25, 0.3) is 0 Å². The Kier molecular flexibility index (Phi) is 5.98. The number of benzene rings is 1. The molecule has 1 amide bonds. The standard InChI is InChI=1S/C13H19ClN2O3S/c1-15(2)13(17)10-16(3)8-9-20(18,19)12-6-4-11(14)5-7-12/h4-7H,8-10H2,1-3H3. The Labute approximate surface area is 125 Å². The number of carbonyl (C=O) groups excluding carboxylic acids is 1. The van der Waals surface area contributed by atoms with Gasteiger partial charge in [-0.15, -0.1) is 0 Å². The Morgan fingerprint density at radius 2 is 1.70 bits per heavy atom. The lowest BCUT2D eigenvalue weighted by Crippen LogP contribution is -2.36. The van der Waals surface area contributed by atoms with Gasteiger partial charge < -0.3 is 4.90 Å². The second-order valence-electron chi connectivity index (χ2n) is 4.80. The average Bonchev–Trinajstić information content (AvgIpc) is 2.37. The zero-order valence-corrected chi connectivity index (χ0v) is 13.4. The summed E-state index contributed by atoms with van der Waals surface area (Å²) in [5, 5.41) is 0.498. The van der Waals surface area contributed by atoms with Crippen LogP contribution in [0.4, 0.5) is 0 Å². The largest absolute Gasteiger partial charge is 0.348 e. The van der Waals surface area contributed by atoms with Crippen LogP contribution < -0.4 is 0 Å². The number of halogens is 1. The van der Waals surface area contributed by atoms with E-state index in [2.05, 4.69) is 0 Å². The van der Waals surface area contributed by atoms with Crippen LogP contribution in [0.2, 0.25) is 5.02 Å². The van der Waals surface area contributed by atoms with Gasteiger partial charge in [-0.3, -0.25) is 9.69 Å². The lowest BCUT2D eigenvalue weighted by atomic mass is 10.4. The van der Waals surface area contributed by atoms with E-state index in [1.54, 1.807) is 38.2 Å². The summed E-state index contributed by atoms with van der Waals surface area (Å²) in [6, 6.07) is 6.08. The summed E-state index contributed by atoms with van der Waals surface area (Å²) in [6.07, 6.45) is 0. The average molecular weight is 319 g/mol. The quantitative estimate of drug-likeness (QED) is 0.789. The monoisotopic (exact) mass is 318 g/mol. The number of carbonyl (C=O) groups is 1. The molecule has 0 heterocycles. The van der Waals surface area contributed by atoms with E-state index in [-0.39, 0.29) is 23.1 Å². The molecule has 112 valence electrons. The topological polar surface area (TPSA) is 57.7 Å². The third-order valence-corrected chi connectivity index (χ3v) is 4.78. The first kappa shape index (κ1) is 16.9. The minimum atomic E-state index is -3.35. The normalized spacial score (nSPS) is 11.7. The van der Waals surface area contributed by atoms with Gasteiger partial charge in [0, 0.05) is 25.7 Å². The number of likely N-dealkylation sites (N-methyl/N-ethyl adjacent to an activating group) is 2. The van der Waals surface area contributed by atoms with Crippen LogP contribution in [0.3, 0.4) is 0 Å². The maximum absolute atomic E-state index is 12.1. The molecular weight excluding hydrogens is 300 g/mol. The molecule has 0 saturated heterocycles. The fourth-order valence-electron chi connectivity index (χ4n) is 1.49. The minimum Gasteiger partial charge on any atom is -0.348 e. The van der Waals surface area contributed by atoms with E-state index in [0.29, 0.717) is 11.6 Å². The second-order valence-corrected chi connectivity index (χ2v) is 7.34. The Morgan fingerprint density at radius 1 is 1.15 bits per heavy atom. The minimum absolute atomic E-state index is 0.0359. The van der Waals surface area contributed by atoms with Gasteiger partial charge in [0.05, 0.1) is 17.2 Å². The van der Waals surface area contributed by atoms with Gasteiger partial charge in [0.15, 0.2) is 9.84 Å². The summed E-state index contributed by atoms with van der Waals surface area (Å²) in [7, 11) is 1.70. The van der Waals surface area contributed by atoms with Crippen molar-refractivity contribution in [1.82, 2.24) is 9.80 Å². The summed E-state index contributed by atoms with van der Waals surface area (Å²) in [5.74, 6) is -0.0948. The summed E-state index contributed by atoms with van der Waals surface area (Å²) in [5.41, 5.74) is 0. The molecule has 0 aliphatic carbocycles. The SMILES string of the molecule is CN(CCS(=O)(=O)c1ccc(Cl)cc1)CC(=O)N(C)C. The van der Waals surface area contributed by atoms with Crippen LogP contribution >= 0.6 is 11.6 Å². The van der Waals surface area contributed by atoms with Gasteiger partial charge in [0.2, 0.25) is 5.91 Å². The van der Waals surface area contributed by atoms with Crippen LogP contribution in [-0.2, 0) is 14.6 Å². The smallest absolute Gasteiger partial charge is 0.236 e. The van der Waals surface area contributed by atoms with Crippen molar-refractivity contribution in [3.63, 3.8) is 0 Å². The van der Waals surface area contributed by atoms with Crippen LogP contribution in [0.15, 0.2) is 29.2 Å². The van der Waals surface area contributed by atoms with Crippen molar-refractivity contribution in [1.29, 1.82) is 0 Å². The van der Waals surface area contributed by atoms with Gasteiger partial charge in [-0.2, -0.15) is 0 Å². The number of amides is 1. The maximum atomic E-state index is 12.1. The highest BCUT2D eigenvalue weighted by Crippen LogP contribution is 2.15. The van der Waals surface area contributed by atoms with Crippen LogP contribution in [0.25, 0.3) is 0 Å². The van der Waals surface area contributed by atoms with Gasteiger partial charge in [0.1, 0.15) is 0 Å². The van der Waals surface area contributed by atoms with Crippen LogP contribution in [-0.4, -0.2) is 64.1 Å². The molecule has 0 unspecified atom stereocenters. The third kappa shape index (κ3) is 5.11. The van der Waals surface area contributed by atoms with Gasteiger partial charge in [-0.1, -0.05) is 11.6 Å². The molecule has 0 N–H and O–H groups in total. The highest BCUT2D eigenvalue weighted by molar-refractivity contribution is 7.91. The molecule has 7 heteroatoms. The Bertz CT molecular complexity index is 555.